The average molecular weight is 394 g/mol. The first-order valence-electron chi connectivity index (χ1n) is 9.64. The summed E-state index contributed by atoms with van der Waals surface area (Å²) in [6.45, 7) is 7.95. The molecule has 0 aromatic heterocycles. The van der Waals surface area contributed by atoms with Crippen LogP contribution >= 0.6 is 0 Å². The second-order valence-corrected chi connectivity index (χ2v) is 7.50. The van der Waals surface area contributed by atoms with Gasteiger partial charge in [-0.05, 0) is 49.1 Å². The molecular weight excluding hydrogens is 368 g/mol. The van der Waals surface area contributed by atoms with E-state index in [1.807, 2.05) is 69.3 Å². The van der Waals surface area contributed by atoms with E-state index in [2.05, 4.69) is 10.6 Å². The molecule has 152 valence electrons. The molecular formula is C23H26N2O4. The van der Waals surface area contributed by atoms with E-state index >= 15 is 0 Å². The van der Waals surface area contributed by atoms with Crippen LogP contribution in [0.5, 0.6) is 11.5 Å². The number of amides is 2. The molecule has 2 amide bonds. The number of esters is 1. The minimum Gasteiger partial charge on any atom is -0.462 e. The summed E-state index contributed by atoms with van der Waals surface area (Å²) >= 11 is 0. The van der Waals surface area contributed by atoms with Gasteiger partial charge in [-0.15, -0.1) is 0 Å². The van der Waals surface area contributed by atoms with Gasteiger partial charge in [0, 0.05) is 5.70 Å². The summed E-state index contributed by atoms with van der Waals surface area (Å²) in [7, 11) is 0. The Morgan fingerprint density at radius 1 is 1.07 bits per heavy atom. The highest BCUT2D eigenvalue weighted by Crippen LogP contribution is 2.30. The van der Waals surface area contributed by atoms with Gasteiger partial charge in [-0.2, -0.15) is 0 Å². The minimum absolute atomic E-state index is 0.224. The van der Waals surface area contributed by atoms with Gasteiger partial charge in [-0.1, -0.05) is 44.2 Å². The number of carbonyl (C=O) groups excluding carboxylic acids is 2. The number of allylic oxidation sites excluding steroid dienone is 1. The molecule has 1 aliphatic rings. The maximum atomic E-state index is 12.7. The summed E-state index contributed by atoms with van der Waals surface area (Å²) in [6, 6.07) is 14.2. The summed E-state index contributed by atoms with van der Waals surface area (Å²) in [4.78, 5) is 24.7. The van der Waals surface area contributed by atoms with Gasteiger partial charge in [0.2, 0.25) is 0 Å². The van der Waals surface area contributed by atoms with Crippen LogP contribution in [0.2, 0.25) is 0 Å². The van der Waals surface area contributed by atoms with E-state index in [4.69, 9.17) is 9.47 Å². The SMILES string of the molecule is CC1=C(C(=O)OCC(C)C)C(c2ccc(Oc3ccccc3C)cc2)NC(=O)N1. The number of urea groups is 1. The maximum absolute atomic E-state index is 12.7. The fourth-order valence-corrected chi connectivity index (χ4v) is 3.06. The molecule has 0 radical (unpaired) electrons. The first kappa shape index (κ1) is 20.5. The fraction of sp³-hybridized carbons (Fsp3) is 0.304. The fourth-order valence-electron chi connectivity index (χ4n) is 3.06. The molecule has 0 aliphatic carbocycles. The number of hydrogen-bond acceptors (Lipinski definition) is 4. The van der Waals surface area contributed by atoms with Crippen LogP contribution in [0.25, 0.3) is 0 Å². The molecule has 0 saturated carbocycles. The Labute approximate surface area is 170 Å². The van der Waals surface area contributed by atoms with Gasteiger partial charge in [-0.3, -0.25) is 0 Å². The average Bonchev–Trinajstić information content (AvgIpc) is 2.68. The Morgan fingerprint density at radius 2 is 1.76 bits per heavy atom. The molecule has 6 nitrogen and oxygen atoms in total. The third kappa shape index (κ3) is 4.96. The first-order chi connectivity index (χ1) is 13.8. The smallest absolute Gasteiger partial charge is 0.338 e. The van der Waals surface area contributed by atoms with Gasteiger partial charge in [-0.25, -0.2) is 9.59 Å². The second-order valence-electron chi connectivity index (χ2n) is 7.50. The van der Waals surface area contributed by atoms with E-state index in [1.54, 1.807) is 6.92 Å². The molecule has 6 heteroatoms. The van der Waals surface area contributed by atoms with Gasteiger partial charge in [0.15, 0.2) is 0 Å². The zero-order valence-electron chi connectivity index (χ0n) is 17.1. The number of nitrogens with one attached hydrogen (secondary N) is 2. The molecule has 1 heterocycles. The van der Waals surface area contributed by atoms with Crippen molar-refractivity contribution in [2.24, 2.45) is 5.92 Å². The van der Waals surface area contributed by atoms with E-state index in [9.17, 15) is 9.59 Å². The highest BCUT2D eigenvalue weighted by atomic mass is 16.5. The van der Waals surface area contributed by atoms with Crippen LogP contribution in [-0.2, 0) is 9.53 Å². The molecule has 1 aliphatic heterocycles. The number of hydrogen-bond donors (Lipinski definition) is 2. The molecule has 0 fully saturated rings. The lowest BCUT2D eigenvalue weighted by molar-refractivity contribution is -0.140. The van der Waals surface area contributed by atoms with Gasteiger partial charge >= 0.3 is 12.0 Å². The Balaban J connectivity index is 1.83. The highest BCUT2D eigenvalue weighted by Gasteiger charge is 2.32. The lowest BCUT2D eigenvalue weighted by Gasteiger charge is -2.28. The largest absolute Gasteiger partial charge is 0.462 e. The highest BCUT2D eigenvalue weighted by molar-refractivity contribution is 5.95. The van der Waals surface area contributed by atoms with Crippen molar-refractivity contribution in [2.45, 2.75) is 33.7 Å². The van der Waals surface area contributed by atoms with Crippen LogP contribution in [-0.4, -0.2) is 18.6 Å². The van der Waals surface area contributed by atoms with E-state index in [0.717, 1.165) is 16.9 Å². The zero-order valence-corrected chi connectivity index (χ0v) is 17.1. The van der Waals surface area contributed by atoms with Crippen molar-refractivity contribution in [3.8, 4) is 11.5 Å². The van der Waals surface area contributed by atoms with Crippen molar-refractivity contribution in [3.63, 3.8) is 0 Å². The number of benzene rings is 2. The van der Waals surface area contributed by atoms with Crippen LogP contribution in [0, 0.1) is 12.8 Å². The number of ether oxygens (including phenoxy) is 2. The topological polar surface area (TPSA) is 76.7 Å². The Morgan fingerprint density at radius 3 is 2.41 bits per heavy atom. The Kier molecular flexibility index (Phi) is 6.22. The normalized spacial score (nSPS) is 16.3. The molecule has 2 aromatic rings. The maximum Gasteiger partial charge on any atom is 0.338 e. The van der Waals surface area contributed by atoms with Crippen molar-refractivity contribution >= 4 is 12.0 Å². The number of aryl methyl sites for hydroxylation is 1. The van der Waals surface area contributed by atoms with Crippen LogP contribution < -0.4 is 15.4 Å². The quantitative estimate of drug-likeness (QED) is 0.701. The zero-order chi connectivity index (χ0) is 21.0. The molecule has 29 heavy (non-hydrogen) atoms. The molecule has 0 bridgehead atoms. The van der Waals surface area contributed by atoms with Crippen molar-refractivity contribution in [1.82, 2.24) is 10.6 Å². The van der Waals surface area contributed by atoms with Crippen LogP contribution in [0.1, 0.15) is 37.9 Å². The lowest BCUT2D eigenvalue weighted by atomic mass is 9.95. The van der Waals surface area contributed by atoms with Crippen LogP contribution in [0.3, 0.4) is 0 Å². The monoisotopic (exact) mass is 394 g/mol. The summed E-state index contributed by atoms with van der Waals surface area (Å²) in [6.07, 6.45) is 0. The van der Waals surface area contributed by atoms with Crippen molar-refractivity contribution in [3.05, 3.63) is 70.9 Å². The summed E-state index contributed by atoms with van der Waals surface area (Å²) in [5, 5.41) is 5.46. The predicted molar refractivity (Wildman–Crippen MR) is 111 cm³/mol. The second kappa shape index (κ2) is 8.82. The number of carbonyl (C=O) groups is 2. The van der Waals surface area contributed by atoms with Crippen LogP contribution in [0.15, 0.2) is 59.8 Å². The summed E-state index contributed by atoms with van der Waals surface area (Å²) < 4.78 is 11.3. The summed E-state index contributed by atoms with van der Waals surface area (Å²) in [5.74, 6) is 1.24. The Bertz CT molecular complexity index is 932. The minimum atomic E-state index is -0.587. The standard InChI is InChI=1S/C23H26N2O4/c1-14(2)13-28-22(26)20-16(4)24-23(27)25-21(20)17-9-11-18(12-10-17)29-19-8-6-5-7-15(19)3/h5-12,14,21H,13H2,1-4H3,(H2,24,25,27). The molecule has 0 spiro atoms. The van der Waals surface area contributed by atoms with Gasteiger partial charge in [0.05, 0.1) is 18.2 Å². The van der Waals surface area contributed by atoms with Gasteiger partial charge in [0.25, 0.3) is 0 Å². The third-order valence-electron chi connectivity index (χ3n) is 4.57. The molecule has 2 aromatic carbocycles. The number of rotatable bonds is 6. The van der Waals surface area contributed by atoms with E-state index in [1.165, 1.54) is 0 Å². The van der Waals surface area contributed by atoms with E-state index in [-0.39, 0.29) is 11.9 Å². The molecule has 0 saturated heterocycles. The molecule has 3 rings (SSSR count). The molecule has 1 atom stereocenters. The van der Waals surface area contributed by atoms with Gasteiger partial charge < -0.3 is 20.1 Å². The van der Waals surface area contributed by atoms with Crippen LogP contribution in [0.4, 0.5) is 4.79 Å². The predicted octanol–water partition coefficient (Wildman–Crippen LogP) is 4.61. The molecule has 1 unspecified atom stereocenters. The molecule has 2 N–H and O–H groups in total. The van der Waals surface area contributed by atoms with Crippen molar-refractivity contribution in [1.29, 1.82) is 0 Å². The summed E-state index contributed by atoms with van der Waals surface area (Å²) in [5.41, 5.74) is 2.70. The van der Waals surface area contributed by atoms with E-state index < -0.39 is 12.0 Å². The van der Waals surface area contributed by atoms with E-state index in [0.29, 0.717) is 23.6 Å². The van der Waals surface area contributed by atoms with Crippen molar-refractivity contribution in [2.75, 3.05) is 6.61 Å². The first-order valence-corrected chi connectivity index (χ1v) is 9.64. The van der Waals surface area contributed by atoms with Crippen molar-refractivity contribution < 1.29 is 19.1 Å². The van der Waals surface area contributed by atoms with Gasteiger partial charge in [0.1, 0.15) is 11.5 Å². The lowest BCUT2D eigenvalue weighted by Crippen LogP contribution is -2.45. The Hall–Kier alpha value is -3.28. The number of para-hydroxylation sites is 1. The third-order valence-corrected chi connectivity index (χ3v) is 4.57.